The number of ether oxygens (including phenoxy) is 2. The maximum Gasteiger partial charge on any atom is 0.312 e. The molecule has 1 spiro atoms. The summed E-state index contributed by atoms with van der Waals surface area (Å²) in [6.07, 6.45) is 9.16. The lowest BCUT2D eigenvalue weighted by molar-refractivity contribution is -0.157. The fraction of sp³-hybridized carbons (Fsp3) is 0.552. The van der Waals surface area contributed by atoms with Gasteiger partial charge in [-0.05, 0) is 37.3 Å². The van der Waals surface area contributed by atoms with E-state index in [4.69, 9.17) is 9.47 Å². The summed E-state index contributed by atoms with van der Waals surface area (Å²) >= 11 is 0. The molecule has 6 rings (SSSR count). The number of amides is 2. The van der Waals surface area contributed by atoms with E-state index in [9.17, 15) is 19.5 Å². The van der Waals surface area contributed by atoms with Gasteiger partial charge in [0, 0.05) is 6.54 Å². The van der Waals surface area contributed by atoms with E-state index in [1.165, 1.54) is 4.90 Å². The topological polar surface area (TPSA) is 127 Å². The first-order chi connectivity index (χ1) is 19.4. The van der Waals surface area contributed by atoms with Crippen molar-refractivity contribution in [2.75, 3.05) is 19.8 Å². The molecular formula is C29H35N5O6. The first-order valence-corrected chi connectivity index (χ1v) is 14.1. The normalized spacial score (nSPS) is 32.0. The number of aliphatic hydroxyl groups excluding tert-OH is 1. The van der Waals surface area contributed by atoms with E-state index in [2.05, 4.69) is 10.3 Å². The van der Waals surface area contributed by atoms with E-state index >= 15 is 0 Å². The SMILES string of the molecule is CC(C)[C@H](CO)N1C(=O)[C@@H]2[C@H]3C(=O)OCCCC/C=C\[C@H]3O[C@@]23C=CCN(Cn2nnc4ccccc42)C(=O)C13. The first-order valence-electron chi connectivity index (χ1n) is 14.1. The van der Waals surface area contributed by atoms with E-state index < -0.39 is 41.6 Å². The first kappa shape index (κ1) is 26.6. The van der Waals surface area contributed by atoms with Crippen molar-refractivity contribution in [2.24, 2.45) is 17.8 Å². The van der Waals surface area contributed by atoms with Crippen molar-refractivity contribution in [3.63, 3.8) is 0 Å². The highest BCUT2D eigenvalue weighted by Gasteiger charge is 2.72. The molecule has 4 aliphatic heterocycles. The van der Waals surface area contributed by atoms with Gasteiger partial charge in [-0.2, -0.15) is 0 Å². The zero-order chi connectivity index (χ0) is 28.0. The van der Waals surface area contributed by atoms with Crippen LogP contribution in [0.15, 0.2) is 48.6 Å². The lowest BCUT2D eigenvalue weighted by Crippen LogP contribution is -2.59. The summed E-state index contributed by atoms with van der Waals surface area (Å²) in [6.45, 7) is 4.11. The fourth-order valence-corrected chi connectivity index (χ4v) is 6.69. The van der Waals surface area contributed by atoms with Crippen LogP contribution in [0.3, 0.4) is 0 Å². The number of aromatic nitrogens is 3. The smallest absolute Gasteiger partial charge is 0.312 e. The van der Waals surface area contributed by atoms with Gasteiger partial charge < -0.3 is 24.4 Å². The van der Waals surface area contributed by atoms with Gasteiger partial charge in [-0.1, -0.05) is 55.5 Å². The monoisotopic (exact) mass is 549 g/mol. The zero-order valence-corrected chi connectivity index (χ0v) is 22.8. The summed E-state index contributed by atoms with van der Waals surface area (Å²) in [6, 6.07) is 5.78. The van der Waals surface area contributed by atoms with Crippen LogP contribution in [0, 0.1) is 17.8 Å². The van der Waals surface area contributed by atoms with Crippen LogP contribution in [0.2, 0.25) is 0 Å². The number of cyclic esters (lactones) is 1. The number of allylic oxidation sites excluding steroid dienone is 1. The Kier molecular flexibility index (Phi) is 6.95. The zero-order valence-electron chi connectivity index (χ0n) is 22.8. The predicted molar refractivity (Wildman–Crippen MR) is 143 cm³/mol. The van der Waals surface area contributed by atoms with Crippen LogP contribution in [-0.4, -0.2) is 91.2 Å². The Morgan fingerprint density at radius 2 is 1.95 bits per heavy atom. The number of esters is 1. The molecule has 1 aromatic carbocycles. The Bertz CT molecular complexity index is 1370. The molecule has 1 unspecified atom stereocenters. The molecule has 11 nitrogen and oxygen atoms in total. The molecule has 0 saturated carbocycles. The minimum atomic E-state index is -1.39. The van der Waals surface area contributed by atoms with Gasteiger partial charge in [0.1, 0.15) is 29.7 Å². The van der Waals surface area contributed by atoms with Crippen molar-refractivity contribution in [1.82, 2.24) is 24.8 Å². The van der Waals surface area contributed by atoms with Gasteiger partial charge in [-0.3, -0.25) is 14.4 Å². The van der Waals surface area contributed by atoms with Gasteiger partial charge in [-0.25, -0.2) is 4.68 Å². The van der Waals surface area contributed by atoms with E-state index in [-0.39, 0.29) is 44.2 Å². The third kappa shape index (κ3) is 4.14. The Morgan fingerprint density at radius 1 is 1.12 bits per heavy atom. The molecule has 11 heteroatoms. The molecule has 6 atom stereocenters. The van der Waals surface area contributed by atoms with Gasteiger partial charge in [0.15, 0.2) is 0 Å². The maximum absolute atomic E-state index is 14.5. The number of aliphatic hydroxyl groups is 1. The number of hydrogen-bond acceptors (Lipinski definition) is 8. The highest BCUT2D eigenvalue weighted by molar-refractivity contribution is 5.99. The summed E-state index contributed by atoms with van der Waals surface area (Å²) < 4.78 is 13.9. The summed E-state index contributed by atoms with van der Waals surface area (Å²) in [5.41, 5.74) is 0.103. The van der Waals surface area contributed by atoms with Gasteiger partial charge in [0.2, 0.25) is 5.91 Å². The van der Waals surface area contributed by atoms with Crippen LogP contribution in [0.5, 0.6) is 0 Å². The molecule has 0 bridgehead atoms. The quantitative estimate of drug-likeness (QED) is 0.441. The molecule has 2 saturated heterocycles. The summed E-state index contributed by atoms with van der Waals surface area (Å²) in [5.74, 6) is -3.21. The molecular weight excluding hydrogens is 514 g/mol. The molecule has 2 aromatic rings. The lowest BCUT2D eigenvalue weighted by Gasteiger charge is -2.39. The number of likely N-dealkylation sites (tertiary alicyclic amines) is 1. The van der Waals surface area contributed by atoms with Crippen molar-refractivity contribution in [1.29, 1.82) is 0 Å². The minimum absolute atomic E-state index is 0.114. The van der Waals surface area contributed by atoms with Gasteiger partial charge >= 0.3 is 5.97 Å². The number of carbonyl (C=O) groups excluding carboxylic acids is 3. The van der Waals surface area contributed by atoms with Gasteiger partial charge in [-0.15, -0.1) is 5.10 Å². The number of rotatable bonds is 5. The molecule has 0 aliphatic carbocycles. The molecule has 1 N–H and O–H groups in total. The second-order valence-corrected chi connectivity index (χ2v) is 11.4. The van der Waals surface area contributed by atoms with Gasteiger partial charge in [0.05, 0.1) is 36.8 Å². The van der Waals surface area contributed by atoms with Crippen molar-refractivity contribution in [3.8, 4) is 0 Å². The minimum Gasteiger partial charge on any atom is -0.465 e. The Balaban J connectivity index is 1.43. The third-order valence-electron chi connectivity index (χ3n) is 8.66. The van der Waals surface area contributed by atoms with Crippen LogP contribution in [0.1, 0.15) is 33.1 Å². The lowest BCUT2D eigenvalue weighted by atomic mass is 9.78. The Labute approximate surface area is 232 Å². The van der Waals surface area contributed by atoms with Crippen LogP contribution in [0.4, 0.5) is 0 Å². The summed E-state index contributed by atoms with van der Waals surface area (Å²) in [5, 5.41) is 18.9. The van der Waals surface area contributed by atoms with Crippen molar-refractivity contribution >= 4 is 28.8 Å². The average molecular weight is 550 g/mol. The third-order valence-corrected chi connectivity index (χ3v) is 8.66. The standard InChI is InChI=1S/C29H35N5O6/c1-18(2)21(16-35)34-25-27(37)32(17-33-20-11-7-6-10-19(20)30-31-33)14-9-13-29(25)24(26(34)36)23-22(40-29)12-5-3-4-8-15-39-28(23)38/h5-7,9-13,18,21-25,35H,3-4,8,14-17H2,1-2H3/b12-5-/t21-,22+,23-,24-,25?,29-/m0/s1. The summed E-state index contributed by atoms with van der Waals surface area (Å²) in [7, 11) is 0. The molecule has 0 radical (unpaired) electrons. The Morgan fingerprint density at radius 3 is 2.75 bits per heavy atom. The highest BCUT2D eigenvalue weighted by atomic mass is 16.6. The number of fused-ring (bicyclic) bond motifs is 3. The molecule has 2 amide bonds. The van der Waals surface area contributed by atoms with Crippen LogP contribution in [-0.2, 0) is 30.5 Å². The van der Waals surface area contributed by atoms with E-state index in [0.717, 1.165) is 24.8 Å². The van der Waals surface area contributed by atoms with Crippen LogP contribution in [0.25, 0.3) is 11.0 Å². The molecule has 4 aliphatic rings. The average Bonchev–Trinajstić information content (AvgIpc) is 3.53. The van der Waals surface area contributed by atoms with Crippen molar-refractivity contribution in [3.05, 3.63) is 48.6 Å². The van der Waals surface area contributed by atoms with Gasteiger partial charge in [0.25, 0.3) is 5.91 Å². The summed E-state index contributed by atoms with van der Waals surface area (Å²) in [4.78, 5) is 45.3. The molecule has 40 heavy (non-hydrogen) atoms. The maximum atomic E-state index is 14.5. The fourth-order valence-electron chi connectivity index (χ4n) is 6.69. The number of nitrogens with zero attached hydrogens (tertiary/aromatic N) is 5. The second-order valence-electron chi connectivity index (χ2n) is 11.4. The largest absolute Gasteiger partial charge is 0.465 e. The molecule has 1 aromatic heterocycles. The molecule has 2 fully saturated rings. The molecule has 212 valence electrons. The van der Waals surface area contributed by atoms with E-state index in [0.29, 0.717) is 5.52 Å². The van der Waals surface area contributed by atoms with Crippen LogP contribution < -0.4 is 0 Å². The van der Waals surface area contributed by atoms with Crippen molar-refractivity contribution < 1.29 is 29.0 Å². The molecule has 5 heterocycles. The number of para-hydroxylation sites is 1. The second kappa shape index (κ2) is 10.4. The van der Waals surface area contributed by atoms with Crippen molar-refractivity contribution in [2.45, 2.75) is 63.6 Å². The number of carbonyl (C=O) groups is 3. The Hall–Kier alpha value is -3.57. The predicted octanol–water partition coefficient (Wildman–Crippen LogP) is 1.67. The van der Waals surface area contributed by atoms with Crippen LogP contribution >= 0.6 is 0 Å². The number of benzene rings is 1. The van der Waals surface area contributed by atoms with E-state index in [1.54, 1.807) is 15.7 Å². The van der Waals surface area contributed by atoms with E-state index in [1.807, 2.05) is 56.3 Å². The number of hydrogen-bond donors (Lipinski definition) is 1. The highest BCUT2D eigenvalue weighted by Crippen LogP contribution is 2.54.